The monoisotopic (exact) mass is 409 g/mol. The fourth-order valence-electron chi connectivity index (χ4n) is 4.29. The number of ether oxygens (including phenoxy) is 1. The lowest BCUT2D eigenvalue weighted by molar-refractivity contribution is 0.122. The molecule has 0 amide bonds. The van der Waals surface area contributed by atoms with Gasteiger partial charge in [0.2, 0.25) is 11.3 Å². The SMILES string of the molecule is c1ccc(CN2CCCC(CNc3nc4nonc4nc3N3CCOCC3)C2)cc1. The van der Waals surface area contributed by atoms with E-state index in [9.17, 15) is 0 Å². The second kappa shape index (κ2) is 8.93. The molecule has 30 heavy (non-hydrogen) atoms. The van der Waals surface area contributed by atoms with Crippen LogP contribution in [0.1, 0.15) is 18.4 Å². The molecule has 0 saturated carbocycles. The molecule has 2 aromatic heterocycles. The normalized spacial score (nSPS) is 20.5. The van der Waals surface area contributed by atoms with Crippen LogP contribution in [0, 0.1) is 5.92 Å². The number of nitrogens with one attached hydrogen (secondary N) is 1. The smallest absolute Gasteiger partial charge is 0.245 e. The lowest BCUT2D eigenvalue weighted by atomic mass is 9.97. The molecular weight excluding hydrogens is 382 g/mol. The van der Waals surface area contributed by atoms with E-state index in [0.29, 0.717) is 30.4 Å². The summed E-state index contributed by atoms with van der Waals surface area (Å²) in [5.74, 6) is 2.12. The van der Waals surface area contributed by atoms with Crippen LogP contribution in [0.15, 0.2) is 35.0 Å². The molecule has 5 rings (SSSR count). The van der Waals surface area contributed by atoms with E-state index in [1.54, 1.807) is 0 Å². The second-order valence-corrected chi connectivity index (χ2v) is 8.02. The summed E-state index contributed by atoms with van der Waals surface area (Å²) in [6.45, 7) is 7.04. The summed E-state index contributed by atoms with van der Waals surface area (Å²) in [5, 5.41) is 11.3. The molecular formula is C21H27N7O2. The Morgan fingerprint density at radius 1 is 1.00 bits per heavy atom. The Morgan fingerprint density at radius 3 is 2.63 bits per heavy atom. The highest BCUT2D eigenvalue weighted by Gasteiger charge is 2.23. The lowest BCUT2D eigenvalue weighted by Gasteiger charge is -2.33. The highest BCUT2D eigenvalue weighted by Crippen LogP contribution is 2.26. The van der Waals surface area contributed by atoms with Gasteiger partial charge in [-0.15, -0.1) is 0 Å². The predicted octanol–water partition coefficient (Wildman–Crippen LogP) is 2.17. The van der Waals surface area contributed by atoms with Crippen molar-refractivity contribution in [2.24, 2.45) is 5.92 Å². The molecule has 9 heteroatoms. The number of benzene rings is 1. The Labute approximate surface area is 175 Å². The van der Waals surface area contributed by atoms with Crippen LogP contribution in [0.2, 0.25) is 0 Å². The number of morpholine rings is 1. The van der Waals surface area contributed by atoms with Gasteiger partial charge in [-0.25, -0.2) is 14.6 Å². The molecule has 158 valence electrons. The molecule has 4 heterocycles. The maximum atomic E-state index is 5.49. The maximum absolute atomic E-state index is 5.49. The zero-order chi connectivity index (χ0) is 20.2. The van der Waals surface area contributed by atoms with Crippen molar-refractivity contribution in [3.63, 3.8) is 0 Å². The molecule has 1 aromatic carbocycles. The topological polar surface area (TPSA) is 92.4 Å². The minimum Gasteiger partial charge on any atom is -0.378 e. The van der Waals surface area contributed by atoms with E-state index in [4.69, 9.17) is 9.37 Å². The largest absolute Gasteiger partial charge is 0.378 e. The summed E-state index contributed by atoms with van der Waals surface area (Å²) in [5.41, 5.74) is 2.24. The van der Waals surface area contributed by atoms with Crippen LogP contribution in [-0.2, 0) is 11.3 Å². The number of fused-ring (bicyclic) bond motifs is 1. The molecule has 2 fully saturated rings. The molecule has 1 atom stereocenters. The Balaban J connectivity index is 1.27. The van der Waals surface area contributed by atoms with Gasteiger partial charge in [0, 0.05) is 32.7 Å². The zero-order valence-electron chi connectivity index (χ0n) is 17.0. The van der Waals surface area contributed by atoms with Gasteiger partial charge in [-0.05, 0) is 41.2 Å². The highest BCUT2D eigenvalue weighted by molar-refractivity contribution is 5.74. The van der Waals surface area contributed by atoms with E-state index in [2.05, 4.69) is 65.7 Å². The molecule has 2 aliphatic rings. The molecule has 3 aromatic rings. The van der Waals surface area contributed by atoms with Gasteiger partial charge in [-0.2, -0.15) is 0 Å². The Bertz CT molecular complexity index is 958. The summed E-state index contributed by atoms with van der Waals surface area (Å²) in [6, 6.07) is 10.7. The lowest BCUT2D eigenvalue weighted by Crippen LogP contribution is -2.39. The van der Waals surface area contributed by atoms with Crippen molar-refractivity contribution in [1.82, 2.24) is 25.2 Å². The van der Waals surface area contributed by atoms with Gasteiger partial charge in [0.25, 0.3) is 0 Å². The molecule has 1 N–H and O–H groups in total. The molecule has 0 aliphatic carbocycles. The Hall–Kier alpha value is -2.78. The minimum atomic E-state index is 0.434. The van der Waals surface area contributed by atoms with Crippen LogP contribution >= 0.6 is 0 Å². The van der Waals surface area contributed by atoms with Crippen molar-refractivity contribution in [3.05, 3.63) is 35.9 Å². The zero-order valence-corrected chi connectivity index (χ0v) is 17.0. The number of likely N-dealkylation sites (tertiary alicyclic amines) is 1. The number of hydrogen-bond acceptors (Lipinski definition) is 9. The summed E-state index contributed by atoms with van der Waals surface area (Å²) < 4.78 is 10.3. The Kier molecular flexibility index (Phi) is 5.71. The third-order valence-electron chi connectivity index (χ3n) is 5.82. The molecule has 0 spiro atoms. The van der Waals surface area contributed by atoms with Gasteiger partial charge in [-0.3, -0.25) is 4.90 Å². The number of nitrogens with zero attached hydrogens (tertiary/aromatic N) is 6. The van der Waals surface area contributed by atoms with Crippen LogP contribution in [0.4, 0.5) is 11.6 Å². The standard InChI is InChI=1S/C21H27N7O2/c1-2-5-16(6-3-1)14-27-8-4-7-17(15-27)13-22-20-21(28-9-11-29-12-10-28)24-19-18(23-20)25-30-26-19/h1-3,5-6,17H,4,7-15H2,(H,22,23,25). The van der Waals surface area contributed by atoms with E-state index in [-0.39, 0.29) is 0 Å². The van der Waals surface area contributed by atoms with Gasteiger partial charge in [0.1, 0.15) is 0 Å². The third-order valence-corrected chi connectivity index (χ3v) is 5.82. The number of anilines is 2. The van der Waals surface area contributed by atoms with Crippen molar-refractivity contribution < 1.29 is 9.37 Å². The van der Waals surface area contributed by atoms with E-state index < -0.39 is 0 Å². The summed E-state index contributed by atoms with van der Waals surface area (Å²) >= 11 is 0. The fraction of sp³-hybridized carbons (Fsp3) is 0.524. The number of piperidine rings is 1. The molecule has 0 radical (unpaired) electrons. The van der Waals surface area contributed by atoms with Crippen molar-refractivity contribution >= 4 is 22.9 Å². The first-order valence-corrected chi connectivity index (χ1v) is 10.7. The molecule has 0 bridgehead atoms. The maximum Gasteiger partial charge on any atom is 0.245 e. The van der Waals surface area contributed by atoms with Crippen LogP contribution in [0.3, 0.4) is 0 Å². The van der Waals surface area contributed by atoms with Gasteiger partial charge in [0.15, 0.2) is 11.6 Å². The second-order valence-electron chi connectivity index (χ2n) is 8.02. The highest BCUT2D eigenvalue weighted by atomic mass is 16.6. The number of rotatable bonds is 6. The van der Waals surface area contributed by atoms with E-state index >= 15 is 0 Å². The van der Waals surface area contributed by atoms with Gasteiger partial charge >= 0.3 is 0 Å². The molecule has 9 nitrogen and oxygen atoms in total. The van der Waals surface area contributed by atoms with Crippen molar-refractivity contribution in [2.75, 3.05) is 56.2 Å². The van der Waals surface area contributed by atoms with Gasteiger partial charge in [0.05, 0.1) is 13.2 Å². The van der Waals surface area contributed by atoms with E-state index in [1.807, 2.05) is 0 Å². The molecule has 2 aliphatic heterocycles. The molecule has 1 unspecified atom stereocenters. The van der Waals surface area contributed by atoms with E-state index in [1.165, 1.54) is 18.4 Å². The first-order chi connectivity index (χ1) is 14.8. The van der Waals surface area contributed by atoms with Crippen LogP contribution in [0.5, 0.6) is 0 Å². The average Bonchev–Trinajstić information content (AvgIpc) is 3.26. The summed E-state index contributed by atoms with van der Waals surface area (Å²) in [4.78, 5) is 14.0. The van der Waals surface area contributed by atoms with Crippen LogP contribution in [0.25, 0.3) is 11.3 Å². The quantitative estimate of drug-likeness (QED) is 0.657. The van der Waals surface area contributed by atoms with Crippen molar-refractivity contribution in [2.45, 2.75) is 19.4 Å². The van der Waals surface area contributed by atoms with Gasteiger partial charge in [-0.1, -0.05) is 30.3 Å². The summed E-state index contributed by atoms with van der Waals surface area (Å²) in [7, 11) is 0. The first-order valence-electron chi connectivity index (χ1n) is 10.7. The van der Waals surface area contributed by atoms with E-state index in [0.717, 1.165) is 50.9 Å². The number of aromatic nitrogens is 4. The van der Waals surface area contributed by atoms with Crippen molar-refractivity contribution in [1.29, 1.82) is 0 Å². The van der Waals surface area contributed by atoms with Crippen molar-refractivity contribution in [3.8, 4) is 0 Å². The fourth-order valence-corrected chi connectivity index (χ4v) is 4.29. The number of hydrogen-bond donors (Lipinski definition) is 1. The minimum absolute atomic E-state index is 0.434. The Morgan fingerprint density at radius 2 is 1.80 bits per heavy atom. The van der Waals surface area contributed by atoms with Gasteiger partial charge < -0.3 is 15.0 Å². The third kappa shape index (κ3) is 4.36. The van der Waals surface area contributed by atoms with Crippen LogP contribution < -0.4 is 10.2 Å². The first kappa shape index (κ1) is 19.2. The average molecular weight is 409 g/mol. The summed E-state index contributed by atoms with van der Waals surface area (Å²) in [6.07, 6.45) is 2.43. The predicted molar refractivity (Wildman–Crippen MR) is 113 cm³/mol. The van der Waals surface area contributed by atoms with Crippen LogP contribution in [-0.4, -0.2) is 71.1 Å². The molecule has 2 saturated heterocycles.